The monoisotopic (exact) mass is 682 g/mol. The predicted molar refractivity (Wildman–Crippen MR) is 150 cm³/mol. The Balaban J connectivity index is 1.38. The number of aromatic carboxylic acids is 1. The average molecular weight is 682 g/mol. The van der Waals surface area contributed by atoms with E-state index in [-0.39, 0.29) is 22.8 Å². The summed E-state index contributed by atoms with van der Waals surface area (Å²) in [4.78, 5) is 49.3. The van der Waals surface area contributed by atoms with E-state index in [0.29, 0.717) is 26.6 Å². The number of carboxylic acids is 1. The number of rotatable bonds is 8. The lowest BCUT2D eigenvalue weighted by atomic mass is 10.1. The molecule has 1 aliphatic heterocycles. The molecule has 4 rings (SSSR count). The van der Waals surface area contributed by atoms with Gasteiger partial charge in [0.25, 0.3) is 11.1 Å². The molecule has 1 saturated heterocycles. The highest BCUT2D eigenvalue weighted by molar-refractivity contribution is 14.1. The van der Waals surface area contributed by atoms with Crippen molar-refractivity contribution >= 4 is 69.1 Å². The number of carboxylic acid groups (broad SMARTS) is 1. The molecule has 0 unspecified atom stereocenters. The third-order valence-electron chi connectivity index (χ3n) is 5.50. The van der Waals surface area contributed by atoms with Crippen LogP contribution in [0.5, 0.6) is 5.75 Å². The van der Waals surface area contributed by atoms with Crippen LogP contribution in [0.25, 0.3) is 6.08 Å². The van der Waals surface area contributed by atoms with E-state index >= 15 is 0 Å². The second kappa shape index (κ2) is 12.1. The Kier molecular flexibility index (Phi) is 8.83. The van der Waals surface area contributed by atoms with E-state index in [4.69, 9.17) is 9.84 Å². The smallest absolute Gasteiger partial charge is 0.416 e. The molecule has 0 saturated carbocycles. The molecule has 1 aliphatic rings. The molecule has 0 bridgehead atoms. The lowest BCUT2D eigenvalue weighted by Gasteiger charge is -2.13. The van der Waals surface area contributed by atoms with Gasteiger partial charge in [0.05, 0.1) is 19.6 Å². The number of amides is 3. The number of thioether (sulfide) groups is 1. The Hall–Kier alpha value is -3.85. The minimum absolute atomic E-state index is 0.0832. The maximum atomic E-state index is 12.9. The first-order valence-corrected chi connectivity index (χ1v) is 13.3. The molecule has 0 aliphatic carbocycles. The van der Waals surface area contributed by atoms with Gasteiger partial charge in [0.2, 0.25) is 5.91 Å². The Labute approximate surface area is 243 Å². The van der Waals surface area contributed by atoms with Gasteiger partial charge in [0.15, 0.2) is 0 Å². The van der Waals surface area contributed by atoms with Crippen molar-refractivity contribution in [3.63, 3.8) is 0 Å². The highest BCUT2D eigenvalue weighted by Gasteiger charge is 2.36. The summed E-state index contributed by atoms with van der Waals surface area (Å²) in [5.41, 5.74) is 0.483. The number of ether oxygens (including phenoxy) is 1. The molecule has 0 atom stereocenters. The Morgan fingerprint density at radius 3 is 2.42 bits per heavy atom. The molecular weight excluding hydrogens is 664 g/mol. The number of carbonyl (C=O) groups is 4. The lowest BCUT2D eigenvalue weighted by molar-refractivity contribution is -0.137. The normalized spacial score (nSPS) is 14.5. The number of carbonyl (C=O) groups excluding carboxylic acids is 3. The van der Waals surface area contributed by atoms with E-state index in [2.05, 4.69) is 27.9 Å². The van der Waals surface area contributed by atoms with Crippen LogP contribution in [0.4, 0.5) is 23.7 Å². The van der Waals surface area contributed by atoms with E-state index in [1.807, 2.05) is 0 Å². The van der Waals surface area contributed by atoms with E-state index in [1.54, 1.807) is 30.3 Å². The number of alkyl halides is 3. The summed E-state index contributed by atoms with van der Waals surface area (Å²) in [7, 11) is 0. The van der Waals surface area contributed by atoms with Gasteiger partial charge in [-0.2, -0.15) is 13.2 Å². The fraction of sp³-hybridized carbons (Fsp3) is 0.111. The lowest BCUT2D eigenvalue weighted by Crippen LogP contribution is -2.36. The predicted octanol–water partition coefficient (Wildman–Crippen LogP) is 6.26. The van der Waals surface area contributed by atoms with Gasteiger partial charge >= 0.3 is 12.1 Å². The highest BCUT2D eigenvalue weighted by Crippen LogP contribution is 2.34. The third-order valence-corrected chi connectivity index (χ3v) is 7.25. The fourth-order valence-corrected chi connectivity index (χ4v) is 5.07. The van der Waals surface area contributed by atoms with E-state index in [0.717, 1.165) is 28.7 Å². The minimum Gasteiger partial charge on any atom is -0.488 e. The Bertz CT molecular complexity index is 1530. The number of hydrogen-bond donors (Lipinski definition) is 2. The Morgan fingerprint density at radius 2 is 1.77 bits per heavy atom. The third kappa shape index (κ3) is 7.21. The van der Waals surface area contributed by atoms with E-state index in [9.17, 15) is 32.3 Å². The molecule has 0 aromatic heterocycles. The standard InChI is InChI=1S/C27H18F3IN2O6S/c28-27(29,30)18-2-1-3-19(12-18)32-23(34)13-33-24(35)22(40-26(33)38)11-16-6-9-21(20(31)10-16)39-14-15-4-7-17(8-5-15)25(36)37/h1-12H,13-14H2,(H,32,34)(H,36,37)/b22-11-. The molecule has 3 amide bonds. The summed E-state index contributed by atoms with van der Waals surface area (Å²) in [5.74, 6) is -1.99. The first-order valence-electron chi connectivity index (χ1n) is 11.4. The summed E-state index contributed by atoms with van der Waals surface area (Å²) in [6.45, 7) is -0.452. The van der Waals surface area contributed by atoms with Gasteiger partial charge < -0.3 is 15.2 Å². The van der Waals surface area contributed by atoms with Crippen molar-refractivity contribution in [1.29, 1.82) is 0 Å². The zero-order chi connectivity index (χ0) is 29.0. The zero-order valence-corrected chi connectivity index (χ0v) is 23.2. The molecule has 3 aromatic carbocycles. The molecule has 13 heteroatoms. The van der Waals surface area contributed by atoms with Crippen LogP contribution >= 0.6 is 34.4 Å². The topological polar surface area (TPSA) is 113 Å². The van der Waals surface area contributed by atoms with Crippen LogP contribution in [0.2, 0.25) is 0 Å². The molecule has 40 heavy (non-hydrogen) atoms. The van der Waals surface area contributed by atoms with Crippen molar-refractivity contribution in [3.8, 4) is 5.75 Å². The van der Waals surface area contributed by atoms with Gasteiger partial charge in [-0.15, -0.1) is 0 Å². The van der Waals surface area contributed by atoms with Gasteiger partial charge in [0.1, 0.15) is 18.9 Å². The van der Waals surface area contributed by atoms with Gasteiger partial charge in [-0.05, 0) is 94.0 Å². The number of halogens is 4. The molecule has 8 nitrogen and oxygen atoms in total. The zero-order valence-electron chi connectivity index (χ0n) is 20.2. The molecular formula is C27H18F3IN2O6S. The van der Waals surface area contributed by atoms with Crippen LogP contribution < -0.4 is 10.1 Å². The van der Waals surface area contributed by atoms with E-state index in [1.165, 1.54) is 24.3 Å². The van der Waals surface area contributed by atoms with Gasteiger partial charge in [0, 0.05) is 5.69 Å². The highest BCUT2D eigenvalue weighted by atomic mass is 127. The summed E-state index contributed by atoms with van der Waals surface area (Å²) in [6.07, 6.45) is -3.10. The van der Waals surface area contributed by atoms with Crippen molar-refractivity contribution in [2.75, 3.05) is 11.9 Å². The maximum absolute atomic E-state index is 12.9. The van der Waals surface area contributed by atoms with Gasteiger partial charge in [-0.3, -0.25) is 19.3 Å². The van der Waals surface area contributed by atoms with Crippen molar-refractivity contribution in [2.24, 2.45) is 0 Å². The molecule has 3 aromatic rings. The van der Waals surface area contributed by atoms with Crippen molar-refractivity contribution < 1.29 is 42.2 Å². The number of anilines is 1. The quantitative estimate of drug-likeness (QED) is 0.213. The van der Waals surface area contributed by atoms with Crippen LogP contribution in [-0.4, -0.2) is 39.6 Å². The van der Waals surface area contributed by atoms with Crippen LogP contribution in [-0.2, 0) is 22.4 Å². The second-order valence-corrected chi connectivity index (χ2v) is 10.5. The van der Waals surface area contributed by atoms with Crippen LogP contribution in [0.15, 0.2) is 71.6 Å². The average Bonchev–Trinajstić information content (AvgIpc) is 3.15. The molecule has 0 radical (unpaired) electrons. The second-order valence-electron chi connectivity index (χ2n) is 8.38. The SMILES string of the molecule is O=C(CN1C(=O)S/C(=C\c2ccc(OCc3ccc(C(=O)O)cc3)c(I)c2)C1=O)Nc1cccc(C(F)(F)F)c1. The molecule has 1 heterocycles. The van der Waals surface area contributed by atoms with Crippen molar-refractivity contribution in [2.45, 2.75) is 12.8 Å². The number of benzene rings is 3. The summed E-state index contributed by atoms with van der Waals surface area (Å²) >= 11 is 2.70. The Morgan fingerprint density at radius 1 is 1.05 bits per heavy atom. The summed E-state index contributed by atoms with van der Waals surface area (Å²) in [6, 6.07) is 15.4. The van der Waals surface area contributed by atoms with E-state index < -0.39 is 41.3 Å². The van der Waals surface area contributed by atoms with Crippen LogP contribution in [0.1, 0.15) is 27.0 Å². The summed E-state index contributed by atoms with van der Waals surface area (Å²) < 4.78 is 45.2. The molecule has 206 valence electrons. The van der Waals surface area contributed by atoms with Gasteiger partial charge in [-0.25, -0.2) is 4.79 Å². The van der Waals surface area contributed by atoms with Crippen molar-refractivity contribution in [1.82, 2.24) is 4.90 Å². The first-order chi connectivity index (χ1) is 18.9. The number of nitrogens with one attached hydrogen (secondary N) is 1. The van der Waals surface area contributed by atoms with Crippen LogP contribution in [0, 0.1) is 3.57 Å². The number of hydrogen-bond acceptors (Lipinski definition) is 6. The molecule has 2 N–H and O–H groups in total. The molecule has 1 fully saturated rings. The largest absolute Gasteiger partial charge is 0.488 e. The molecule has 0 spiro atoms. The van der Waals surface area contributed by atoms with Crippen molar-refractivity contribution in [3.05, 3.63) is 97.5 Å². The maximum Gasteiger partial charge on any atom is 0.416 e. The fourth-order valence-electron chi connectivity index (χ4n) is 3.53. The number of nitrogens with zero attached hydrogens (tertiary/aromatic N) is 1. The summed E-state index contributed by atoms with van der Waals surface area (Å²) in [5, 5.41) is 10.6. The number of imide groups is 1. The van der Waals surface area contributed by atoms with Crippen LogP contribution in [0.3, 0.4) is 0 Å². The first kappa shape index (κ1) is 29.1. The minimum atomic E-state index is -4.59. The van der Waals surface area contributed by atoms with Gasteiger partial charge in [-0.1, -0.05) is 24.3 Å².